The molecule has 0 saturated heterocycles. The van der Waals surface area contributed by atoms with Crippen LogP contribution < -0.4 is 14.8 Å². The van der Waals surface area contributed by atoms with Gasteiger partial charge in [-0.3, -0.25) is 4.79 Å². The van der Waals surface area contributed by atoms with Gasteiger partial charge in [0.05, 0.1) is 14.2 Å². The number of carbonyl (C=O) groups is 1. The van der Waals surface area contributed by atoms with Gasteiger partial charge in [-0.25, -0.2) is 4.39 Å². The van der Waals surface area contributed by atoms with Crippen LogP contribution in [-0.2, 0) is 6.54 Å². The van der Waals surface area contributed by atoms with Gasteiger partial charge in [0.15, 0.2) is 11.6 Å². The second-order valence-corrected chi connectivity index (χ2v) is 4.38. The van der Waals surface area contributed by atoms with Crippen molar-refractivity contribution in [1.29, 1.82) is 0 Å². The number of hydrogen-bond donors (Lipinski definition) is 1. The van der Waals surface area contributed by atoms with Crippen LogP contribution in [0.25, 0.3) is 0 Å². The van der Waals surface area contributed by atoms with Crippen LogP contribution in [0.1, 0.15) is 15.9 Å². The highest BCUT2D eigenvalue weighted by atomic mass is 19.1. The summed E-state index contributed by atoms with van der Waals surface area (Å²) >= 11 is 0. The largest absolute Gasteiger partial charge is 0.497 e. The summed E-state index contributed by atoms with van der Waals surface area (Å²) in [5.41, 5.74) is 1.15. The molecular weight excluding hydrogens is 273 g/mol. The van der Waals surface area contributed by atoms with E-state index in [4.69, 9.17) is 9.47 Å². The number of amides is 1. The third kappa shape index (κ3) is 3.72. The van der Waals surface area contributed by atoms with Crippen molar-refractivity contribution in [2.75, 3.05) is 14.2 Å². The Balaban J connectivity index is 2.02. The average Bonchev–Trinajstić information content (AvgIpc) is 2.52. The fraction of sp³-hybridized carbons (Fsp3) is 0.188. The highest BCUT2D eigenvalue weighted by Crippen LogP contribution is 2.18. The van der Waals surface area contributed by atoms with E-state index in [2.05, 4.69) is 5.32 Å². The molecule has 0 spiro atoms. The lowest BCUT2D eigenvalue weighted by molar-refractivity contribution is 0.0950. The van der Waals surface area contributed by atoms with E-state index < -0.39 is 5.82 Å². The first-order valence-corrected chi connectivity index (χ1v) is 6.38. The summed E-state index contributed by atoms with van der Waals surface area (Å²) in [6.07, 6.45) is 0. The third-order valence-corrected chi connectivity index (χ3v) is 3.00. The molecule has 0 unspecified atom stereocenters. The lowest BCUT2D eigenvalue weighted by Gasteiger charge is -2.08. The first-order valence-electron chi connectivity index (χ1n) is 6.38. The van der Waals surface area contributed by atoms with Crippen LogP contribution in [0, 0.1) is 5.82 Å². The number of halogens is 1. The van der Waals surface area contributed by atoms with Crippen LogP contribution in [0.3, 0.4) is 0 Å². The van der Waals surface area contributed by atoms with Gasteiger partial charge in [-0.1, -0.05) is 12.1 Å². The Morgan fingerprint density at radius 3 is 2.62 bits per heavy atom. The van der Waals surface area contributed by atoms with Gasteiger partial charge in [-0.15, -0.1) is 0 Å². The van der Waals surface area contributed by atoms with E-state index >= 15 is 0 Å². The zero-order valence-electron chi connectivity index (χ0n) is 11.9. The number of hydrogen-bond acceptors (Lipinski definition) is 3. The smallest absolute Gasteiger partial charge is 0.251 e. The summed E-state index contributed by atoms with van der Waals surface area (Å²) in [7, 11) is 2.94. The van der Waals surface area contributed by atoms with Crippen LogP contribution in [-0.4, -0.2) is 20.1 Å². The molecule has 0 fully saturated rings. The van der Waals surface area contributed by atoms with Crippen LogP contribution in [0.4, 0.5) is 4.39 Å². The molecule has 21 heavy (non-hydrogen) atoms. The van der Waals surface area contributed by atoms with Crippen molar-refractivity contribution in [3.8, 4) is 11.5 Å². The Bertz CT molecular complexity index is 643. The molecule has 4 nitrogen and oxygen atoms in total. The second kappa shape index (κ2) is 6.74. The molecule has 1 N–H and O–H groups in total. The normalized spacial score (nSPS) is 10.0. The zero-order valence-corrected chi connectivity index (χ0v) is 11.9. The minimum Gasteiger partial charge on any atom is -0.497 e. The summed E-state index contributed by atoms with van der Waals surface area (Å²) in [5.74, 6) is 0.0896. The summed E-state index contributed by atoms with van der Waals surface area (Å²) in [6, 6.07) is 11.4. The third-order valence-electron chi connectivity index (χ3n) is 3.00. The number of methoxy groups -OCH3 is 2. The Morgan fingerprint density at radius 1 is 1.14 bits per heavy atom. The predicted molar refractivity (Wildman–Crippen MR) is 77.1 cm³/mol. The van der Waals surface area contributed by atoms with E-state index in [0.717, 1.165) is 0 Å². The van der Waals surface area contributed by atoms with Crippen LogP contribution in [0.5, 0.6) is 11.5 Å². The maximum Gasteiger partial charge on any atom is 0.251 e. The Hall–Kier alpha value is -2.56. The van der Waals surface area contributed by atoms with Gasteiger partial charge in [-0.05, 0) is 35.9 Å². The van der Waals surface area contributed by atoms with Gasteiger partial charge in [0, 0.05) is 12.1 Å². The minimum atomic E-state index is -0.453. The molecule has 2 aromatic carbocycles. The van der Waals surface area contributed by atoms with E-state index in [1.165, 1.54) is 26.4 Å². The number of nitrogens with one attached hydrogen (secondary N) is 1. The summed E-state index contributed by atoms with van der Waals surface area (Å²) in [5, 5.41) is 2.73. The number of ether oxygens (including phenoxy) is 2. The molecule has 2 rings (SSSR count). The van der Waals surface area contributed by atoms with Crippen LogP contribution in [0.15, 0.2) is 42.5 Å². The summed E-state index contributed by atoms with van der Waals surface area (Å²) in [4.78, 5) is 12.0. The van der Waals surface area contributed by atoms with Gasteiger partial charge < -0.3 is 14.8 Å². The summed E-state index contributed by atoms with van der Waals surface area (Å²) in [6.45, 7) is 0.233. The molecule has 0 heterocycles. The lowest BCUT2D eigenvalue weighted by atomic mass is 10.1. The lowest BCUT2D eigenvalue weighted by Crippen LogP contribution is -2.22. The molecule has 0 aliphatic carbocycles. The predicted octanol–water partition coefficient (Wildman–Crippen LogP) is 2.77. The molecule has 0 aliphatic heterocycles. The highest BCUT2D eigenvalue weighted by molar-refractivity contribution is 5.94. The van der Waals surface area contributed by atoms with Crippen LogP contribution >= 0.6 is 0 Å². The molecule has 0 saturated carbocycles. The second-order valence-electron chi connectivity index (χ2n) is 4.38. The molecule has 110 valence electrons. The van der Waals surface area contributed by atoms with Crippen molar-refractivity contribution in [2.45, 2.75) is 6.54 Å². The fourth-order valence-electron chi connectivity index (χ4n) is 1.87. The Morgan fingerprint density at radius 2 is 1.95 bits per heavy atom. The maximum atomic E-state index is 13.5. The molecule has 2 aromatic rings. The monoisotopic (exact) mass is 289 g/mol. The topological polar surface area (TPSA) is 47.6 Å². The molecule has 0 aromatic heterocycles. The van der Waals surface area contributed by atoms with Crippen molar-refractivity contribution in [3.05, 3.63) is 59.4 Å². The molecule has 0 atom stereocenters. The van der Waals surface area contributed by atoms with E-state index in [1.54, 1.807) is 30.3 Å². The quantitative estimate of drug-likeness (QED) is 0.920. The summed E-state index contributed by atoms with van der Waals surface area (Å²) < 4.78 is 23.5. The van der Waals surface area contributed by atoms with Gasteiger partial charge in [0.2, 0.25) is 0 Å². The van der Waals surface area contributed by atoms with Crippen molar-refractivity contribution >= 4 is 5.91 Å². The highest BCUT2D eigenvalue weighted by Gasteiger charge is 2.08. The van der Waals surface area contributed by atoms with Gasteiger partial charge >= 0.3 is 0 Å². The van der Waals surface area contributed by atoms with E-state index in [0.29, 0.717) is 16.9 Å². The first kappa shape index (κ1) is 14.8. The van der Waals surface area contributed by atoms with E-state index in [1.807, 2.05) is 0 Å². The molecule has 0 radical (unpaired) electrons. The molecule has 0 aliphatic rings. The maximum absolute atomic E-state index is 13.5. The molecule has 1 amide bonds. The van der Waals surface area contributed by atoms with E-state index in [-0.39, 0.29) is 18.2 Å². The molecule has 5 heteroatoms. The van der Waals surface area contributed by atoms with E-state index in [9.17, 15) is 9.18 Å². The Kier molecular flexibility index (Phi) is 4.77. The average molecular weight is 289 g/mol. The molecule has 0 bridgehead atoms. The standard InChI is InChI=1S/C16H16FNO3/c1-20-13-5-3-4-12(9-13)16(19)18-10-11-6-7-15(21-2)14(17)8-11/h3-9H,10H2,1-2H3,(H,18,19). The van der Waals surface area contributed by atoms with Gasteiger partial charge in [0.25, 0.3) is 5.91 Å². The van der Waals surface area contributed by atoms with Crippen LogP contribution in [0.2, 0.25) is 0 Å². The zero-order chi connectivity index (χ0) is 15.2. The van der Waals surface area contributed by atoms with Gasteiger partial charge in [-0.2, -0.15) is 0 Å². The fourth-order valence-corrected chi connectivity index (χ4v) is 1.87. The molecular formula is C16H16FNO3. The van der Waals surface area contributed by atoms with Gasteiger partial charge in [0.1, 0.15) is 5.75 Å². The van der Waals surface area contributed by atoms with Crippen molar-refractivity contribution in [2.24, 2.45) is 0 Å². The number of rotatable bonds is 5. The van der Waals surface area contributed by atoms with Crippen molar-refractivity contribution < 1.29 is 18.7 Å². The number of carbonyl (C=O) groups excluding carboxylic acids is 1. The SMILES string of the molecule is COc1cccc(C(=O)NCc2ccc(OC)c(F)c2)c1. The first-order chi connectivity index (χ1) is 10.1. The number of benzene rings is 2. The minimum absolute atomic E-state index is 0.179. The Labute approximate surface area is 122 Å². The van der Waals surface area contributed by atoms with Crippen molar-refractivity contribution in [1.82, 2.24) is 5.32 Å². The van der Waals surface area contributed by atoms with Crippen molar-refractivity contribution in [3.63, 3.8) is 0 Å².